The molecular formula is C22H28N2O2S. The largest absolute Gasteiger partial charge is 0.371 e. The maximum absolute atomic E-state index is 12.6. The van der Waals surface area contributed by atoms with Crippen LogP contribution in [0.2, 0.25) is 0 Å². The van der Waals surface area contributed by atoms with Crippen molar-refractivity contribution in [2.45, 2.75) is 49.7 Å². The van der Waals surface area contributed by atoms with Gasteiger partial charge in [-0.3, -0.25) is 9.00 Å². The van der Waals surface area contributed by atoms with Crippen molar-refractivity contribution in [3.63, 3.8) is 0 Å². The molecule has 1 aliphatic rings. The monoisotopic (exact) mass is 384 g/mol. The highest BCUT2D eigenvalue weighted by Gasteiger charge is 2.13. The van der Waals surface area contributed by atoms with Crippen molar-refractivity contribution in [2.24, 2.45) is 0 Å². The average Bonchev–Trinajstić information content (AvgIpc) is 2.97. The van der Waals surface area contributed by atoms with Gasteiger partial charge in [0.25, 0.3) is 5.91 Å². The van der Waals surface area contributed by atoms with E-state index in [1.807, 2.05) is 32.0 Å². The van der Waals surface area contributed by atoms with Crippen molar-refractivity contribution >= 4 is 28.1 Å². The number of carbonyl (C=O) groups is 1. The van der Waals surface area contributed by atoms with Crippen molar-refractivity contribution in [1.82, 2.24) is 0 Å². The van der Waals surface area contributed by atoms with Crippen LogP contribution < -0.4 is 10.2 Å². The van der Waals surface area contributed by atoms with E-state index in [9.17, 15) is 9.00 Å². The summed E-state index contributed by atoms with van der Waals surface area (Å²) in [6.45, 7) is 6.00. The molecule has 27 heavy (non-hydrogen) atoms. The molecule has 4 nitrogen and oxygen atoms in total. The van der Waals surface area contributed by atoms with Crippen LogP contribution in [0.1, 0.15) is 49.9 Å². The maximum Gasteiger partial charge on any atom is 0.255 e. The first-order chi connectivity index (χ1) is 13.0. The van der Waals surface area contributed by atoms with Gasteiger partial charge in [0.15, 0.2) is 0 Å². The highest BCUT2D eigenvalue weighted by atomic mass is 32.2. The lowest BCUT2D eigenvalue weighted by molar-refractivity contribution is 0.102. The lowest BCUT2D eigenvalue weighted by Crippen LogP contribution is -2.24. The molecule has 1 N–H and O–H groups in total. The van der Waals surface area contributed by atoms with E-state index in [0.29, 0.717) is 5.56 Å². The molecule has 0 radical (unpaired) electrons. The van der Waals surface area contributed by atoms with E-state index >= 15 is 0 Å². The Morgan fingerprint density at radius 2 is 1.67 bits per heavy atom. The Bertz CT molecular complexity index is 794. The van der Waals surface area contributed by atoms with Crippen LogP contribution >= 0.6 is 0 Å². The minimum atomic E-state index is -1.04. The molecule has 1 atom stereocenters. The molecule has 0 saturated carbocycles. The summed E-state index contributed by atoms with van der Waals surface area (Å²) < 4.78 is 12.1. The van der Waals surface area contributed by atoms with Gasteiger partial charge in [-0.25, -0.2) is 0 Å². The van der Waals surface area contributed by atoms with Crippen molar-refractivity contribution in [2.75, 3.05) is 23.3 Å². The molecule has 1 saturated heterocycles. The standard InChI is InChI=1S/C22H28N2O2S/c1-17(2)27(26)21-12-10-18(11-13-21)22(25)23-19-8-7-9-20(16-19)24-14-5-3-4-6-15-24/h7-13,16-17H,3-6,14-15H2,1-2H3,(H,23,25). The average molecular weight is 385 g/mol. The molecule has 5 heteroatoms. The molecule has 0 aliphatic carbocycles. The first-order valence-electron chi connectivity index (χ1n) is 9.71. The third-order valence-electron chi connectivity index (χ3n) is 4.85. The Balaban J connectivity index is 1.68. The molecule has 144 valence electrons. The first-order valence-corrected chi connectivity index (χ1v) is 10.9. The number of carbonyl (C=O) groups excluding carboxylic acids is 1. The number of benzene rings is 2. The van der Waals surface area contributed by atoms with Crippen molar-refractivity contribution in [3.05, 3.63) is 54.1 Å². The molecular weight excluding hydrogens is 356 g/mol. The van der Waals surface area contributed by atoms with Crippen LogP contribution in [0.5, 0.6) is 0 Å². The molecule has 0 bridgehead atoms. The summed E-state index contributed by atoms with van der Waals surface area (Å²) >= 11 is 0. The Morgan fingerprint density at radius 3 is 2.30 bits per heavy atom. The lowest BCUT2D eigenvalue weighted by atomic mass is 10.2. The SMILES string of the molecule is CC(C)S(=O)c1ccc(C(=O)Nc2cccc(N3CCCCCC3)c2)cc1. The summed E-state index contributed by atoms with van der Waals surface area (Å²) in [5, 5.41) is 3.04. The summed E-state index contributed by atoms with van der Waals surface area (Å²) in [6, 6.07) is 15.1. The van der Waals surface area contributed by atoms with Gasteiger partial charge in [0.05, 0.1) is 10.8 Å². The van der Waals surface area contributed by atoms with Crippen LogP contribution in [0.3, 0.4) is 0 Å². The van der Waals surface area contributed by atoms with Gasteiger partial charge in [0.1, 0.15) is 0 Å². The number of hydrogen-bond donors (Lipinski definition) is 1. The Labute approximate surface area is 164 Å². The van der Waals surface area contributed by atoms with E-state index in [2.05, 4.69) is 16.3 Å². The lowest BCUT2D eigenvalue weighted by Gasteiger charge is -2.23. The third-order valence-corrected chi connectivity index (χ3v) is 6.45. The number of anilines is 2. The number of nitrogens with zero attached hydrogens (tertiary/aromatic N) is 1. The second-order valence-corrected chi connectivity index (χ2v) is 9.29. The van der Waals surface area contributed by atoms with Gasteiger partial charge < -0.3 is 10.2 Å². The minimum absolute atomic E-state index is 0.0615. The number of nitrogens with one attached hydrogen (secondary N) is 1. The molecule has 1 aliphatic heterocycles. The molecule has 2 aromatic rings. The zero-order valence-electron chi connectivity index (χ0n) is 16.1. The van der Waals surface area contributed by atoms with Crippen LogP contribution in [-0.4, -0.2) is 28.5 Å². The van der Waals surface area contributed by atoms with E-state index in [4.69, 9.17) is 0 Å². The summed E-state index contributed by atoms with van der Waals surface area (Å²) in [6.07, 6.45) is 5.04. The molecule has 2 aromatic carbocycles. The predicted octanol–water partition coefficient (Wildman–Crippen LogP) is 4.84. The van der Waals surface area contributed by atoms with Crippen LogP contribution in [-0.2, 0) is 10.8 Å². The highest BCUT2D eigenvalue weighted by Crippen LogP contribution is 2.23. The predicted molar refractivity (Wildman–Crippen MR) is 113 cm³/mol. The van der Waals surface area contributed by atoms with Gasteiger partial charge in [0.2, 0.25) is 0 Å². The van der Waals surface area contributed by atoms with E-state index in [-0.39, 0.29) is 11.2 Å². The molecule has 3 rings (SSSR count). The smallest absolute Gasteiger partial charge is 0.255 e. The van der Waals surface area contributed by atoms with E-state index in [1.54, 1.807) is 24.3 Å². The van der Waals surface area contributed by atoms with Gasteiger partial charge in [-0.2, -0.15) is 0 Å². The minimum Gasteiger partial charge on any atom is -0.371 e. The highest BCUT2D eigenvalue weighted by molar-refractivity contribution is 7.85. The fraction of sp³-hybridized carbons (Fsp3) is 0.409. The van der Waals surface area contributed by atoms with E-state index in [0.717, 1.165) is 29.4 Å². The number of rotatable bonds is 5. The van der Waals surface area contributed by atoms with Gasteiger partial charge >= 0.3 is 0 Å². The van der Waals surface area contributed by atoms with Crippen LogP contribution in [0.15, 0.2) is 53.4 Å². The van der Waals surface area contributed by atoms with Gasteiger partial charge in [0, 0.05) is 40.2 Å². The maximum atomic E-state index is 12.6. The molecule has 1 fully saturated rings. The van der Waals surface area contributed by atoms with Crippen LogP contribution in [0.25, 0.3) is 0 Å². The Hall–Kier alpha value is -2.14. The number of amides is 1. The fourth-order valence-corrected chi connectivity index (χ4v) is 4.27. The second kappa shape index (κ2) is 9.18. The van der Waals surface area contributed by atoms with Gasteiger partial charge in [-0.1, -0.05) is 32.8 Å². The van der Waals surface area contributed by atoms with Crippen LogP contribution in [0, 0.1) is 0 Å². The van der Waals surface area contributed by atoms with Gasteiger partial charge in [-0.05, 0) is 55.3 Å². The summed E-state index contributed by atoms with van der Waals surface area (Å²) in [7, 11) is -1.04. The zero-order chi connectivity index (χ0) is 19.2. The first kappa shape index (κ1) is 19.6. The van der Waals surface area contributed by atoms with E-state index < -0.39 is 10.8 Å². The molecule has 0 spiro atoms. The fourth-order valence-electron chi connectivity index (χ4n) is 3.33. The van der Waals surface area contributed by atoms with Crippen molar-refractivity contribution in [1.29, 1.82) is 0 Å². The van der Waals surface area contributed by atoms with Crippen molar-refractivity contribution in [3.8, 4) is 0 Å². The third kappa shape index (κ3) is 5.19. The topological polar surface area (TPSA) is 49.4 Å². The molecule has 1 amide bonds. The Kier molecular flexibility index (Phi) is 6.67. The molecule has 1 heterocycles. The van der Waals surface area contributed by atoms with Gasteiger partial charge in [-0.15, -0.1) is 0 Å². The normalized spacial score (nSPS) is 16.0. The summed E-state index contributed by atoms with van der Waals surface area (Å²) in [5.74, 6) is -0.148. The molecule has 0 aromatic heterocycles. The van der Waals surface area contributed by atoms with E-state index in [1.165, 1.54) is 25.7 Å². The quantitative estimate of drug-likeness (QED) is 0.803. The summed E-state index contributed by atoms with van der Waals surface area (Å²) in [4.78, 5) is 15.7. The second-order valence-electron chi connectivity index (χ2n) is 7.28. The number of hydrogen-bond acceptors (Lipinski definition) is 3. The van der Waals surface area contributed by atoms with Crippen molar-refractivity contribution < 1.29 is 9.00 Å². The van der Waals surface area contributed by atoms with Crippen LogP contribution in [0.4, 0.5) is 11.4 Å². The molecule has 1 unspecified atom stereocenters. The summed E-state index contributed by atoms with van der Waals surface area (Å²) in [5.41, 5.74) is 2.54. The zero-order valence-corrected chi connectivity index (χ0v) is 16.9. The Morgan fingerprint density at radius 1 is 1.00 bits per heavy atom.